The molecule has 2 aromatic rings. The van der Waals surface area contributed by atoms with Crippen molar-refractivity contribution < 1.29 is 19.6 Å². The van der Waals surface area contributed by atoms with Crippen LogP contribution in [0.4, 0.5) is 11.4 Å². The van der Waals surface area contributed by atoms with Crippen molar-refractivity contribution in [2.45, 2.75) is 67.0 Å². The lowest BCUT2D eigenvalue weighted by Crippen LogP contribution is -2.43. The summed E-state index contributed by atoms with van der Waals surface area (Å²) >= 11 is 0. The summed E-state index contributed by atoms with van der Waals surface area (Å²) in [6.07, 6.45) is 3.69. The Kier molecular flexibility index (Phi) is 12.0. The maximum Gasteiger partial charge on any atom is 0.109 e. The molecule has 0 spiro atoms. The molecule has 0 amide bonds. The number of anilines is 2. The fourth-order valence-electron chi connectivity index (χ4n) is 4.10. The molecule has 1 aromatic heterocycles. The molecule has 0 fully saturated rings. The van der Waals surface area contributed by atoms with Gasteiger partial charge in [-0.3, -0.25) is 4.98 Å². The molecular weight excluding hydrogens is 432 g/mol. The first kappa shape index (κ1) is 28.3. The minimum Gasteiger partial charge on any atom is -0.378 e. The van der Waals surface area contributed by atoms with Crippen molar-refractivity contribution >= 4 is 22.3 Å². The van der Waals surface area contributed by atoms with Crippen LogP contribution in [0.1, 0.15) is 59.6 Å². The zero-order valence-corrected chi connectivity index (χ0v) is 21.9. The second-order valence-corrected chi connectivity index (χ2v) is 9.09. The molecule has 2 heterocycles. The Hall–Kier alpha value is -1.97. The molecule has 1 unspecified atom stereocenters. The standard InChI is InChI=1S/C24H38N4O4.C2H6/c1-5-6-11-21-27-22-18(2)26-20-10-8-7-9-19(20)23(22)28(21)16-24(3,4)17-29-14-15-31-32-30-13-12-25;1-2/h7-10,21,27H,5-6,11-17,25H2,1-4H3;1-2H3. The summed E-state index contributed by atoms with van der Waals surface area (Å²) in [7, 11) is 0. The van der Waals surface area contributed by atoms with Crippen molar-refractivity contribution in [3.8, 4) is 0 Å². The minimum atomic E-state index is -0.0665. The molecule has 0 saturated carbocycles. The molecule has 8 heteroatoms. The van der Waals surface area contributed by atoms with Crippen LogP contribution in [0.2, 0.25) is 0 Å². The third kappa shape index (κ3) is 7.78. The van der Waals surface area contributed by atoms with Crippen LogP contribution >= 0.6 is 0 Å². The van der Waals surface area contributed by atoms with Gasteiger partial charge in [0.1, 0.15) is 6.61 Å². The average molecular weight is 477 g/mol. The number of aryl methyl sites for hydroxylation is 1. The van der Waals surface area contributed by atoms with E-state index in [0.29, 0.717) is 33.0 Å². The summed E-state index contributed by atoms with van der Waals surface area (Å²) < 4.78 is 5.89. The van der Waals surface area contributed by atoms with Gasteiger partial charge in [-0.15, -0.1) is 0 Å². The third-order valence-corrected chi connectivity index (χ3v) is 5.55. The Morgan fingerprint density at radius 2 is 1.85 bits per heavy atom. The number of para-hydroxylation sites is 1. The minimum absolute atomic E-state index is 0.0665. The lowest BCUT2D eigenvalue weighted by molar-refractivity contribution is -0.512. The highest BCUT2D eigenvalue weighted by Crippen LogP contribution is 2.44. The zero-order chi connectivity index (χ0) is 25.0. The number of nitrogens with zero attached hydrogens (tertiary/aromatic N) is 2. The van der Waals surface area contributed by atoms with Crippen molar-refractivity contribution in [2.24, 2.45) is 11.1 Å². The summed E-state index contributed by atoms with van der Waals surface area (Å²) in [5.41, 5.74) is 9.75. The number of benzene rings is 1. The first-order valence-corrected chi connectivity index (χ1v) is 12.6. The van der Waals surface area contributed by atoms with Crippen LogP contribution in [0.3, 0.4) is 0 Å². The molecule has 1 aliphatic heterocycles. The molecule has 0 saturated heterocycles. The number of fused-ring (bicyclic) bond motifs is 3. The van der Waals surface area contributed by atoms with Crippen LogP contribution in [0.25, 0.3) is 10.9 Å². The molecule has 3 rings (SSSR count). The van der Waals surface area contributed by atoms with Crippen LogP contribution in [-0.4, -0.2) is 50.7 Å². The zero-order valence-electron chi connectivity index (χ0n) is 21.9. The van der Waals surface area contributed by atoms with Crippen LogP contribution in [0.5, 0.6) is 0 Å². The number of rotatable bonds is 14. The lowest BCUT2D eigenvalue weighted by atomic mass is 9.93. The van der Waals surface area contributed by atoms with Gasteiger partial charge >= 0.3 is 0 Å². The SMILES string of the molecule is CC.CCCCC1Nc2c(C)nc3ccccc3c2N1CC(C)(C)COCCOOOCCN. The van der Waals surface area contributed by atoms with E-state index in [4.69, 9.17) is 25.2 Å². The van der Waals surface area contributed by atoms with E-state index in [1.807, 2.05) is 19.9 Å². The third-order valence-electron chi connectivity index (χ3n) is 5.55. The summed E-state index contributed by atoms with van der Waals surface area (Å²) in [6.45, 7) is 15.7. The second kappa shape index (κ2) is 14.4. The fourth-order valence-corrected chi connectivity index (χ4v) is 4.10. The molecule has 1 aliphatic rings. The number of unbranched alkanes of at least 4 members (excludes halogenated alkanes) is 1. The number of ether oxygens (including phenoxy) is 1. The molecule has 3 N–H and O–H groups in total. The molecular formula is C26H44N4O4. The topological polar surface area (TPSA) is 91.1 Å². The number of nitrogens with two attached hydrogens (primary N) is 1. The lowest BCUT2D eigenvalue weighted by Gasteiger charge is -2.35. The first-order chi connectivity index (χ1) is 16.5. The van der Waals surface area contributed by atoms with Crippen LogP contribution < -0.4 is 16.0 Å². The molecule has 0 aliphatic carbocycles. The number of aromatic nitrogens is 1. The van der Waals surface area contributed by atoms with Gasteiger partial charge < -0.3 is 20.7 Å². The summed E-state index contributed by atoms with van der Waals surface area (Å²) in [6, 6.07) is 8.40. The quantitative estimate of drug-likeness (QED) is 0.218. The molecule has 1 aromatic carbocycles. The van der Waals surface area contributed by atoms with E-state index in [0.717, 1.165) is 29.9 Å². The van der Waals surface area contributed by atoms with Gasteiger partial charge in [0, 0.05) is 23.9 Å². The first-order valence-electron chi connectivity index (χ1n) is 12.6. The van der Waals surface area contributed by atoms with E-state index < -0.39 is 0 Å². The Bertz CT molecular complexity index is 862. The van der Waals surface area contributed by atoms with Crippen LogP contribution in [0.15, 0.2) is 24.3 Å². The maximum atomic E-state index is 5.89. The summed E-state index contributed by atoms with van der Waals surface area (Å²) in [5.74, 6) is 0. The molecule has 1 atom stereocenters. The molecule has 34 heavy (non-hydrogen) atoms. The largest absolute Gasteiger partial charge is 0.378 e. The number of pyridine rings is 1. The van der Waals surface area contributed by atoms with Gasteiger partial charge in [-0.25, -0.2) is 9.78 Å². The van der Waals surface area contributed by atoms with Crippen molar-refractivity contribution in [3.05, 3.63) is 30.0 Å². The van der Waals surface area contributed by atoms with Gasteiger partial charge in [-0.2, -0.15) is 0 Å². The molecule has 192 valence electrons. The Labute approximate surface area is 204 Å². The van der Waals surface area contributed by atoms with Gasteiger partial charge in [0.25, 0.3) is 0 Å². The highest BCUT2D eigenvalue weighted by Gasteiger charge is 2.35. The Morgan fingerprint density at radius 1 is 1.12 bits per heavy atom. The predicted molar refractivity (Wildman–Crippen MR) is 139 cm³/mol. The normalized spacial score (nSPS) is 15.1. The molecule has 0 radical (unpaired) electrons. The molecule has 0 bridgehead atoms. The number of hydrogen-bond donors (Lipinski definition) is 2. The van der Waals surface area contributed by atoms with Gasteiger partial charge in [-0.05, 0) is 25.8 Å². The summed E-state index contributed by atoms with van der Waals surface area (Å²) in [5, 5.41) is 9.53. The van der Waals surface area contributed by atoms with Crippen LogP contribution in [-0.2, 0) is 19.6 Å². The monoisotopic (exact) mass is 476 g/mol. The van der Waals surface area contributed by atoms with Crippen molar-refractivity contribution in [3.63, 3.8) is 0 Å². The Morgan fingerprint density at radius 3 is 2.59 bits per heavy atom. The Balaban J connectivity index is 0.00000199. The van der Waals surface area contributed by atoms with Crippen molar-refractivity contribution in [1.29, 1.82) is 0 Å². The van der Waals surface area contributed by atoms with Gasteiger partial charge in [0.2, 0.25) is 0 Å². The van der Waals surface area contributed by atoms with E-state index in [1.54, 1.807) is 0 Å². The van der Waals surface area contributed by atoms with E-state index >= 15 is 0 Å². The molecule has 8 nitrogen and oxygen atoms in total. The van der Waals surface area contributed by atoms with E-state index in [1.165, 1.54) is 23.9 Å². The van der Waals surface area contributed by atoms with Gasteiger partial charge in [-0.1, -0.05) is 64.3 Å². The second-order valence-electron chi connectivity index (χ2n) is 9.09. The summed E-state index contributed by atoms with van der Waals surface area (Å²) in [4.78, 5) is 17.0. The highest BCUT2D eigenvalue weighted by molar-refractivity contribution is 6.01. The smallest absolute Gasteiger partial charge is 0.109 e. The number of hydrogen-bond acceptors (Lipinski definition) is 8. The number of nitrogens with one attached hydrogen (secondary N) is 1. The average Bonchev–Trinajstić information content (AvgIpc) is 3.19. The van der Waals surface area contributed by atoms with Crippen LogP contribution in [0, 0.1) is 12.3 Å². The van der Waals surface area contributed by atoms with Crippen molar-refractivity contribution in [1.82, 2.24) is 4.98 Å². The maximum absolute atomic E-state index is 5.89. The van der Waals surface area contributed by atoms with E-state index in [9.17, 15) is 0 Å². The van der Waals surface area contributed by atoms with E-state index in [2.05, 4.69) is 61.1 Å². The van der Waals surface area contributed by atoms with Crippen molar-refractivity contribution in [2.75, 3.05) is 49.7 Å². The van der Waals surface area contributed by atoms with Gasteiger partial charge in [0.05, 0.1) is 48.6 Å². The highest BCUT2D eigenvalue weighted by atomic mass is 17.5. The van der Waals surface area contributed by atoms with E-state index in [-0.39, 0.29) is 11.6 Å². The van der Waals surface area contributed by atoms with Gasteiger partial charge in [0.15, 0.2) is 0 Å². The predicted octanol–water partition coefficient (Wildman–Crippen LogP) is 5.20. The fraction of sp³-hybridized carbons (Fsp3) is 0.654.